The summed E-state index contributed by atoms with van der Waals surface area (Å²) >= 11 is 0. The minimum atomic E-state index is -4.28. The van der Waals surface area contributed by atoms with Gasteiger partial charge in [-0.15, -0.1) is 0 Å². The topological polar surface area (TPSA) is 82.3 Å². The molecule has 0 aliphatic rings. The van der Waals surface area contributed by atoms with Crippen LogP contribution in [0.3, 0.4) is 0 Å². The number of aromatic nitrogens is 1. The molecule has 15 heavy (non-hydrogen) atoms. The molecule has 0 amide bonds. The lowest BCUT2D eigenvalue weighted by Crippen LogP contribution is -2.17. The summed E-state index contributed by atoms with van der Waals surface area (Å²) < 4.78 is 51.6. The Labute approximate surface area is 84.9 Å². The number of hydrogen-bond acceptors (Lipinski definition) is 4. The zero-order valence-electron chi connectivity index (χ0n) is 7.65. The summed E-state index contributed by atoms with van der Waals surface area (Å²) in [6, 6.07) is 1.14. The van der Waals surface area contributed by atoms with Gasteiger partial charge in [0.25, 0.3) is 16.4 Å². The van der Waals surface area contributed by atoms with Crippen molar-refractivity contribution in [3.63, 3.8) is 0 Å². The number of nitrogens with two attached hydrogens (primary N) is 1. The van der Waals surface area contributed by atoms with Gasteiger partial charge in [-0.3, -0.25) is 0 Å². The quantitative estimate of drug-likeness (QED) is 0.839. The normalized spacial score (nSPS) is 11.8. The van der Waals surface area contributed by atoms with Crippen LogP contribution in [0.25, 0.3) is 0 Å². The van der Waals surface area contributed by atoms with Crippen LogP contribution in [0.2, 0.25) is 0 Å². The summed E-state index contributed by atoms with van der Waals surface area (Å²) in [6.45, 7) is 0. The van der Waals surface area contributed by atoms with Gasteiger partial charge >= 0.3 is 0 Å². The van der Waals surface area contributed by atoms with E-state index in [1.54, 1.807) is 0 Å². The number of hydrogen-bond donors (Lipinski definition) is 1. The lowest BCUT2D eigenvalue weighted by molar-refractivity contribution is 0.142. The molecule has 0 fully saturated rings. The van der Waals surface area contributed by atoms with Gasteiger partial charge in [0, 0.05) is 6.20 Å². The van der Waals surface area contributed by atoms with E-state index in [-0.39, 0.29) is 5.75 Å². The van der Waals surface area contributed by atoms with Crippen molar-refractivity contribution in [2.75, 3.05) is 7.11 Å². The number of alkyl halides is 2. The van der Waals surface area contributed by atoms with E-state index in [1.807, 2.05) is 0 Å². The Hall–Kier alpha value is -1.28. The Kier molecular flexibility index (Phi) is 3.20. The summed E-state index contributed by atoms with van der Waals surface area (Å²) in [5.74, 6) is -0.260. The molecule has 0 unspecified atom stereocenters. The van der Waals surface area contributed by atoms with E-state index in [9.17, 15) is 17.2 Å². The highest BCUT2D eigenvalue weighted by Crippen LogP contribution is 2.32. The van der Waals surface area contributed by atoms with E-state index >= 15 is 0 Å². The Bertz CT molecular complexity index is 461. The highest BCUT2D eigenvalue weighted by molar-refractivity contribution is 7.89. The molecule has 84 valence electrons. The van der Waals surface area contributed by atoms with Crippen molar-refractivity contribution >= 4 is 10.0 Å². The second-order valence-corrected chi connectivity index (χ2v) is 4.05. The number of pyridine rings is 1. The molecule has 0 saturated carbocycles. The molecule has 0 aliphatic carbocycles. The largest absolute Gasteiger partial charge is 0.496 e. The lowest BCUT2D eigenvalue weighted by atomic mass is 10.2. The summed E-state index contributed by atoms with van der Waals surface area (Å²) in [5, 5.41) is 3.88. The molecule has 1 rings (SSSR count). The summed E-state index contributed by atoms with van der Waals surface area (Å²) in [5.41, 5.74) is -0.817. The van der Waals surface area contributed by atoms with Gasteiger partial charge in [0.05, 0.1) is 12.7 Å². The van der Waals surface area contributed by atoms with E-state index < -0.39 is 27.0 Å². The fraction of sp³-hybridized carbons (Fsp3) is 0.286. The Morgan fingerprint density at radius 2 is 2.13 bits per heavy atom. The van der Waals surface area contributed by atoms with Gasteiger partial charge in [-0.1, -0.05) is 0 Å². The Morgan fingerprint density at radius 1 is 1.53 bits per heavy atom. The minimum absolute atomic E-state index is 0.260. The first kappa shape index (κ1) is 11.8. The zero-order chi connectivity index (χ0) is 11.6. The third kappa shape index (κ3) is 2.39. The van der Waals surface area contributed by atoms with E-state index in [4.69, 9.17) is 5.14 Å². The molecule has 8 heteroatoms. The number of methoxy groups -OCH3 is 1. The van der Waals surface area contributed by atoms with Gasteiger partial charge < -0.3 is 4.74 Å². The smallest absolute Gasteiger partial charge is 0.270 e. The SMILES string of the molecule is COc1ccnc(S(N)(=O)=O)c1C(F)F. The lowest BCUT2D eigenvalue weighted by Gasteiger charge is -2.10. The predicted octanol–water partition coefficient (Wildman–Crippen LogP) is 0.675. The Balaban J connectivity index is 3.53. The van der Waals surface area contributed by atoms with Crippen LogP contribution in [0.5, 0.6) is 5.75 Å². The van der Waals surface area contributed by atoms with Crippen molar-refractivity contribution in [1.82, 2.24) is 4.98 Å². The maximum atomic E-state index is 12.6. The molecular weight excluding hydrogens is 230 g/mol. The summed E-state index contributed by atoms with van der Waals surface area (Å²) in [7, 11) is -3.14. The predicted molar refractivity (Wildman–Crippen MR) is 47.1 cm³/mol. The minimum Gasteiger partial charge on any atom is -0.496 e. The third-order valence-corrected chi connectivity index (χ3v) is 2.49. The number of primary sulfonamides is 1. The summed E-state index contributed by atoms with van der Waals surface area (Å²) in [6.07, 6.45) is -1.99. The van der Waals surface area contributed by atoms with Gasteiger partial charge in [0.1, 0.15) is 5.75 Å². The van der Waals surface area contributed by atoms with Crippen LogP contribution in [0.4, 0.5) is 8.78 Å². The Morgan fingerprint density at radius 3 is 2.53 bits per heavy atom. The van der Waals surface area contributed by atoms with E-state index in [0.717, 1.165) is 19.4 Å². The molecule has 1 heterocycles. The fourth-order valence-electron chi connectivity index (χ4n) is 1.04. The number of rotatable bonds is 3. The van der Waals surface area contributed by atoms with Crippen LogP contribution in [0.15, 0.2) is 17.3 Å². The van der Waals surface area contributed by atoms with Crippen LogP contribution < -0.4 is 9.88 Å². The molecular formula is C7H8F2N2O3S. The molecule has 5 nitrogen and oxygen atoms in total. The molecule has 0 aromatic carbocycles. The number of sulfonamides is 1. The van der Waals surface area contributed by atoms with Gasteiger partial charge in [0.2, 0.25) is 0 Å². The fourth-order valence-corrected chi connectivity index (χ4v) is 1.75. The summed E-state index contributed by atoms with van der Waals surface area (Å²) in [4.78, 5) is 3.31. The van der Waals surface area contributed by atoms with Crippen molar-refractivity contribution in [2.24, 2.45) is 5.14 Å². The number of halogens is 2. The van der Waals surface area contributed by atoms with Crippen LogP contribution in [0.1, 0.15) is 12.0 Å². The first-order chi connectivity index (χ1) is 6.88. The van der Waals surface area contributed by atoms with E-state index in [1.165, 1.54) is 0 Å². The highest BCUT2D eigenvalue weighted by Gasteiger charge is 2.26. The molecule has 2 N–H and O–H groups in total. The van der Waals surface area contributed by atoms with Crippen LogP contribution in [-0.2, 0) is 10.0 Å². The average molecular weight is 238 g/mol. The molecule has 0 bridgehead atoms. The maximum Gasteiger partial charge on any atom is 0.270 e. The van der Waals surface area contributed by atoms with Crippen LogP contribution in [0, 0.1) is 0 Å². The molecule has 1 aromatic rings. The molecule has 0 spiro atoms. The first-order valence-corrected chi connectivity index (χ1v) is 5.26. The van der Waals surface area contributed by atoms with Crippen molar-refractivity contribution in [2.45, 2.75) is 11.5 Å². The number of ether oxygens (including phenoxy) is 1. The van der Waals surface area contributed by atoms with Crippen LogP contribution >= 0.6 is 0 Å². The van der Waals surface area contributed by atoms with Crippen molar-refractivity contribution in [1.29, 1.82) is 0 Å². The third-order valence-electron chi connectivity index (χ3n) is 1.62. The molecule has 0 aliphatic heterocycles. The second-order valence-electron chi connectivity index (χ2n) is 2.58. The van der Waals surface area contributed by atoms with E-state index in [0.29, 0.717) is 0 Å². The second kappa shape index (κ2) is 4.07. The zero-order valence-corrected chi connectivity index (χ0v) is 8.46. The van der Waals surface area contributed by atoms with Gasteiger partial charge in [0.15, 0.2) is 5.03 Å². The van der Waals surface area contributed by atoms with Crippen molar-refractivity contribution in [3.05, 3.63) is 17.8 Å². The monoisotopic (exact) mass is 238 g/mol. The first-order valence-electron chi connectivity index (χ1n) is 3.71. The molecule has 0 radical (unpaired) electrons. The number of nitrogens with zero attached hydrogens (tertiary/aromatic N) is 1. The molecule has 0 saturated heterocycles. The average Bonchev–Trinajstić information content (AvgIpc) is 2.15. The maximum absolute atomic E-state index is 12.6. The van der Waals surface area contributed by atoms with Crippen molar-refractivity contribution < 1.29 is 21.9 Å². The van der Waals surface area contributed by atoms with Gasteiger partial charge in [-0.25, -0.2) is 27.3 Å². The van der Waals surface area contributed by atoms with Crippen LogP contribution in [-0.4, -0.2) is 20.5 Å². The molecule has 0 atom stereocenters. The van der Waals surface area contributed by atoms with Crippen molar-refractivity contribution in [3.8, 4) is 5.75 Å². The molecule has 1 aromatic heterocycles. The van der Waals surface area contributed by atoms with E-state index in [2.05, 4.69) is 9.72 Å². The standard InChI is InChI=1S/C7H8F2N2O3S/c1-14-4-2-3-11-7(15(10,12)13)5(4)6(8)9/h2-3,6H,1H3,(H2,10,12,13). The highest BCUT2D eigenvalue weighted by atomic mass is 32.2. The van der Waals surface area contributed by atoms with Gasteiger partial charge in [-0.2, -0.15) is 0 Å². The van der Waals surface area contributed by atoms with Gasteiger partial charge in [-0.05, 0) is 6.07 Å².